The van der Waals surface area contributed by atoms with E-state index in [0.29, 0.717) is 17.1 Å². The summed E-state index contributed by atoms with van der Waals surface area (Å²) in [7, 11) is 1.55. The third-order valence-corrected chi connectivity index (χ3v) is 2.13. The summed E-state index contributed by atoms with van der Waals surface area (Å²) in [4.78, 5) is 7.05. The van der Waals surface area contributed by atoms with Gasteiger partial charge in [0.05, 0.1) is 12.7 Å². The molecule has 0 unspecified atom stereocenters. The highest BCUT2D eigenvalue weighted by atomic mass is 19.1. The molecule has 0 bridgehead atoms. The van der Waals surface area contributed by atoms with Crippen LogP contribution in [-0.2, 0) is 0 Å². The number of imidazole rings is 1. The molecule has 15 heavy (non-hydrogen) atoms. The molecule has 0 aliphatic rings. The molecule has 0 amide bonds. The highest BCUT2D eigenvalue weighted by molar-refractivity contribution is 5.58. The molecular formula is C11H11FN2O. The van der Waals surface area contributed by atoms with Crippen molar-refractivity contribution in [3.8, 4) is 17.1 Å². The Balaban J connectivity index is 2.51. The van der Waals surface area contributed by atoms with Crippen LogP contribution in [0.4, 0.5) is 4.39 Å². The lowest BCUT2D eigenvalue weighted by Crippen LogP contribution is -1.89. The Morgan fingerprint density at radius 2 is 2.20 bits per heavy atom. The molecule has 4 heteroatoms. The molecule has 78 valence electrons. The first-order valence-corrected chi connectivity index (χ1v) is 4.56. The molecule has 0 fully saturated rings. The first-order chi connectivity index (χ1) is 7.20. The van der Waals surface area contributed by atoms with E-state index in [1.165, 1.54) is 6.07 Å². The summed E-state index contributed by atoms with van der Waals surface area (Å²) in [5, 5.41) is 0. The summed E-state index contributed by atoms with van der Waals surface area (Å²) in [6, 6.07) is 4.56. The first-order valence-electron chi connectivity index (χ1n) is 4.56. The van der Waals surface area contributed by atoms with Crippen molar-refractivity contribution in [2.24, 2.45) is 0 Å². The van der Waals surface area contributed by atoms with Crippen LogP contribution in [-0.4, -0.2) is 17.1 Å². The highest BCUT2D eigenvalue weighted by Gasteiger charge is 2.09. The van der Waals surface area contributed by atoms with Crippen LogP contribution in [0.3, 0.4) is 0 Å². The fourth-order valence-corrected chi connectivity index (χ4v) is 1.36. The second-order valence-corrected chi connectivity index (χ2v) is 3.26. The third-order valence-electron chi connectivity index (χ3n) is 2.13. The van der Waals surface area contributed by atoms with Crippen LogP contribution in [0.15, 0.2) is 24.4 Å². The average Bonchev–Trinajstić information content (AvgIpc) is 2.65. The second-order valence-electron chi connectivity index (χ2n) is 3.26. The standard InChI is InChI=1S/C11H11FN2O/c1-7-6-13-11(14-7)9-5-8(15-2)3-4-10(9)12/h3-6H,1-2H3,(H,13,14). The number of benzene rings is 1. The molecule has 0 aliphatic carbocycles. The zero-order valence-corrected chi connectivity index (χ0v) is 8.54. The molecule has 0 saturated carbocycles. The van der Waals surface area contributed by atoms with E-state index >= 15 is 0 Å². The van der Waals surface area contributed by atoms with Gasteiger partial charge >= 0.3 is 0 Å². The summed E-state index contributed by atoms with van der Waals surface area (Å²) in [5.41, 5.74) is 1.31. The Morgan fingerprint density at radius 3 is 2.80 bits per heavy atom. The van der Waals surface area contributed by atoms with Crippen molar-refractivity contribution in [1.29, 1.82) is 0 Å². The van der Waals surface area contributed by atoms with Gasteiger partial charge in [0, 0.05) is 11.9 Å². The van der Waals surface area contributed by atoms with Gasteiger partial charge in [0.15, 0.2) is 0 Å². The molecule has 1 aromatic heterocycles. The molecule has 0 saturated heterocycles. The summed E-state index contributed by atoms with van der Waals surface area (Å²) in [6.07, 6.45) is 1.66. The van der Waals surface area contributed by atoms with Gasteiger partial charge < -0.3 is 9.72 Å². The van der Waals surface area contributed by atoms with Crippen molar-refractivity contribution >= 4 is 0 Å². The number of methoxy groups -OCH3 is 1. The Morgan fingerprint density at radius 1 is 1.40 bits per heavy atom. The number of nitrogens with one attached hydrogen (secondary N) is 1. The van der Waals surface area contributed by atoms with Crippen molar-refractivity contribution in [3.05, 3.63) is 35.9 Å². The Bertz CT molecular complexity index is 479. The maximum Gasteiger partial charge on any atom is 0.140 e. The summed E-state index contributed by atoms with van der Waals surface area (Å²) in [5.74, 6) is 0.814. The maximum atomic E-state index is 13.5. The predicted octanol–water partition coefficient (Wildman–Crippen LogP) is 2.53. The summed E-state index contributed by atoms with van der Waals surface area (Å²) >= 11 is 0. The number of halogens is 1. The fourth-order valence-electron chi connectivity index (χ4n) is 1.36. The molecule has 0 atom stereocenters. The minimum atomic E-state index is -0.315. The van der Waals surface area contributed by atoms with Crippen molar-refractivity contribution in [3.63, 3.8) is 0 Å². The van der Waals surface area contributed by atoms with E-state index in [-0.39, 0.29) is 5.82 Å². The van der Waals surface area contributed by atoms with Crippen LogP contribution < -0.4 is 4.74 Å². The molecule has 2 aromatic rings. The summed E-state index contributed by atoms with van der Waals surface area (Å²) in [6.45, 7) is 1.87. The van der Waals surface area contributed by atoms with Gasteiger partial charge in [-0.15, -0.1) is 0 Å². The Hall–Kier alpha value is -1.84. The Kier molecular flexibility index (Phi) is 2.41. The molecule has 0 aliphatic heterocycles. The van der Waals surface area contributed by atoms with Crippen molar-refractivity contribution in [2.45, 2.75) is 6.92 Å². The minimum absolute atomic E-state index is 0.315. The number of aryl methyl sites for hydroxylation is 1. The van der Waals surface area contributed by atoms with Gasteiger partial charge in [-0.1, -0.05) is 0 Å². The molecule has 1 N–H and O–H groups in total. The smallest absolute Gasteiger partial charge is 0.140 e. The van der Waals surface area contributed by atoms with E-state index in [2.05, 4.69) is 9.97 Å². The third kappa shape index (κ3) is 1.83. The lowest BCUT2D eigenvalue weighted by atomic mass is 10.2. The highest BCUT2D eigenvalue weighted by Crippen LogP contribution is 2.24. The van der Waals surface area contributed by atoms with Crippen LogP contribution >= 0.6 is 0 Å². The largest absolute Gasteiger partial charge is 0.497 e. The van der Waals surface area contributed by atoms with Crippen LogP contribution in [0, 0.1) is 12.7 Å². The number of aromatic amines is 1. The number of ether oxygens (including phenoxy) is 1. The lowest BCUT2D eigenvalue weighted by molar-refractivity contribution is 0.414. The van der Waals surface area contributed by atoms with E-state index in [9.17, 15) is 4.39 Å². The fraction of sp³-hybridized carbons (Fsp3) is 0.182. The summed E-state index contributed by atoms with van der Waals surface area (Å²) < 4.78 is 18.5. The molecule has 3 nitrogen and oxygen atoms in total. The number of H-pyrrole nitrogens is 1. The van der Waals surface area contributed by atoms with E-state index in [0.717, 1.165) is 5.69 Å². The maximum absolute atomic E-state index is 13.5. The monoisotopic (exact) mass is 206 g/mol. The van der Waals surface area contributed by atoms with Crippen LogP contribution in [0.2, 0.25) is 0 Å². The zero-order chi connectivity index (χ0) is 10.8. The topological polar surface area (TPSA) is 37.9 Å². The van der Waals surface area contributed by atoms with Gasteiger partial charge in [-0.2, -0.15) is 0 Å². The van der Waals surface area contributed by atoms with Crippen molar-refractivity contribution in [1.82, 2.24) is 9.97 Å². The molecule has 0 radical (unpaired) electrons. The quantitative estimate of drug-likeness (QED) is 0.819. The first kappa shape index (κ1) is 9.71. The number of hydrogen-bond donors (Lipinski definition) is 1. The van der Waals surface area contributed by atoms with Gasteiger partial charge in [0.2, 0.25) is 0 Å². The molecule has 0 spiro atoms. The van der Waals surface area contributed by atoms with Gasteiger partial charge in [-0.3, -0.25) is 0 Å². The Labute approximate surface area is 86.9 Å². The SMILES string of the molecule is COc1ccc(F)c(-c2ncc(C)[nH]2)c1. The molecule has 1 heterocycles. The van der Waals surface area contributed by atoms with Crippen LogP contribution in [0.25, 0.3) is 11.4 Å². The normalized spacial score (nSPS) is 10.3. The number of aromatic nitrogens is 2. The van der Waals surface area contributed by atoms with Gasteiger partial charge in [-0.05, 0) is 25.1 Å². The van der Waals surface area contributed by atoms with Crippen molar-refractivity contribution < 1.29 is 9.13 Å². The molecule has 2 rings (SSSR count). The van der Waals surface area contributed by atoms with Crippen molar-refractivity contribution in [2.75, 3.05) is 7.11 Å². The average molecular weight is 206 g/mol. The minimum Gasteiger partial charge on any atom is -0.497 e. The van der Waals surface area contributed by atoms with Gasteiger partial charge in [0.25, 0.3) is 0 Å². The molecular weight excluding hydrogens is 195 g/mol. The predicted molar refractivity (Wildman–Crippen MR) is 55.3 cm³/mol. The van der Waals surface area contributed by atoms with E-state index < -0.39 is 0 Å². The number of hydrogen-bond acceptors (Lipinski definition) is 2. The van der Waals surface area contributed by atoms with Gasteiger partial charge in [0.1, 0.15) is 17.4 Å². The molecule has 1 aromatic carbocycles. The number of rotatable bonds is 2. The second kappa shape index (κ2) is 3.73. The van der Waals surface area contributed by atoms with E-state index in [4.69, 9.17) is 4.74 Å². The van der Waals surface area contributed by atoms with E-state index in [1.807, 2.05) is 6.92 Å². The number of nitrogens with zero attached hydrogens (tertiary/aromatic N) is 1. The lowest BCUT2D eigenvalue weighted by Gasteiger charge is -2.03. The van der Waals surface area contributed by atoms with Crippen LogP contribution in [0.1, 0.15) is 5.69 Å². The van der Waals surface area contributed by atoms with Crippen LogP contribution in [0.5, 0.6) is 5.75 Å². The van der Waals surface area contributed by atoms with E-state index in [1.54, 1.807) is 25.4 Å². The zero-order valence-electron chi connectivity index (χ0n) is 8.54. The van der Waals surface area contributed by atoms with Gasteiger partial charge in [-0.25, -0.2) is 9.37 Å².